The summed E-state index contributed by atoms with van der Waals surface area (Å²) in [5, 5.41) is 28.1. The minimum Gasteiger partial charge on any atom is -0.359 e. The summed E-state index contributed by atoms with van der Waals surface area (Å²) in [5.41, 5.74) is 3.86. The first-order valence-electron chi connectivity index (χ1n) is 19.8. The summed E-state index contributed by atoms with van der Waals surface area (Å²) in [6, 6.07) is 33.2. The minimum absolute atomic E-state index is 0.188. The van der Waals surface area contributed by atoms with Gasteiger partial charge in [-0.1, -0.05) is 70.1 Å². The van der Waals surface area contributed by atoms with E-state index in [-0.39, 0.29) is 22.6 Å². The van der Waals surface area contributed by atoms with Crippen LogP contribution >= 0.6 is 11.3 Å². The number of hydrogen-bond donors (Lipinski definition) is 6. The van der Waals surface area contributed by atoms with Crippen LogP contribution in [-0.2, 0) is 10.8 Å². The summed E-state index contributed by atoms with van der Waals surface area (Å²) in [5.74, 6) is 1.58. The molecule has 0 unspecified atom stereocenters. The van der Waals surface area contributed by atoms with Gasteiger partial charge in [-0.15, -0.1) is 11.3 Å². The Kier molecular flexibility index (Phi) is 12.6. The van der Waals surface area contributed by atoms with Gasteiger partial charge in [0.2, 0.25) is 0 Å². The van der Waals surface area contributed by atoms with Crippen molar-refractivity contribution in [1.82, 2.24) is 15.3 Å². The predicted molar refractivity (Wildman–Crippen MR) is 248 cm³/mol. The Hall–Kier alpha value is -7.85. The van der Waals surface area contributed by atoms with Gasteiger partial charge in [-0.05, 0) is 95.7 Å². The van der Waals surface area contributed by atoms with Crippen LogP contribution in [0.15, 0.2) is 136 Å². The fourth-order valence-corrected chi connectivity index (χ4v) is 6.69. The van der Waals surface area contributed by atoms with Crippen LogP contribution in [0.1, 0.15) is 73.8 Å². The third-order valence-electron chi connectivity index (χ3n) is 9.35. The fraction of sp³-hybridized carbons (Fsp3) is 0.170. The second-order valence-corrected chi connectivity index (χ2v) is 17.4. The first kappa shape index (κ1) is 43.2. The molecular weight excluding hydrogens is 819 g/mol. The van der Waals surface area contributed by atoms with Crippen molar-refractivity contribution in [3.05, 3.63) is 149 Å². The number of anilines is 6. The number of rotatable bonds is 8. The number of aromatic nitrogens is 3. The molecule has 0 atom stereocenters. The van der Waals surface area contributed by atoms with Crippen molar-refractivity contribution in [3.8, 4) is 0 Å². The maximum Gasteiger partial charge on any atom is 0.324 e. The van der Waals surface area contributed by atoms with Crippen molar-refractivity contribution in [1.29, 1.82) is 0 Å². The fourth-order valence-electron chi connectivity index (χ4n) is 5.92. The van der Waals surface area contributed by atoms with E-state index in [4.69, 9.17) is 9.05 Å². The molecule has 0 saturated heterocycles. The number of nitrogens with one attached hydrogen (secondary N) is 6. The van der Waals surface area contributed by atoms with E-state index in [1.165, 1.54) is 0 Å². The lowest BCUT2D eigenvalue weighted by atomic mass is 9.93. The van der Waals surface area contributed by atoms with Gasteiger partial charge in [0.25, 0.3) is 11.8 Å². The lowest BCUT2D eigenvalue weighted by Gasteiger charge is -2.12. The number of benzene rings is 4. The van der Waals surface area contributed by atoms with E-state index in [2.05, 4.69) is 47.2 Å². The number of urea groups is 2. The highest BCUT2D eigenvalue weighted by Gasteiger charge is 2.22. The lowest BCUT2D eigenvalue weighted by molar-refractivity contribution is 0.101. The molecule has 320 valence electrons. The van der Waals surface area contributed by atoms with Crippen molar-refractivity contribution in [2.24, 2.45) is 0 Å². The molecule has 0 aliphatic rings. The molecule has 6 amide bonds. The number of nitrogens with zero attached hydrogens (tertiary/aromatic N) is 3. The van der Waals surface area contributed by atoms with Crippen LogP contribution in [0.5, 0.6) is 0 Å². The van der Waals surface area contributed by atoms with Gasteiger partial charge in [-0.2, -0.15) is 0 Å². The van der Waals surface area contributed by atoms with Crippen LogP contribution in [0.3, 0.4) is 0 Å². The number of thiophene rings is 1. The number of amides is 6. The van der Waals surface area contributed by atoms with E-state index in [9.17, 15) is 19.2 Å². The topological polar surface area (TPSA) is 205 Å². The Morgan fingerprint density at radius 1 is 0.508 bits per heavy atom. The maximum absolute atomic E-state index is 12.5. The van der Waals surface area contributed by atoms with Gasteiger partial charge < -0.3 is 30.3 Å². The Labute approximate surface area is 366 Å². The molecule has 16 heteroatoms. The standard InChI is InChI=1S/C24H23N5O3.C23H22N4O3S/c1-24(2,3)20-13-21(29-32-20)28-23(31)27-18-10-8-17(9-11-18)26-22(30)16-12-15-6-4-5-7-19(15)25-14-16;1-23(2,3)19-13-20(27-30-19)26-22(29)25-17-7-5-16(6-8-17)24-21(28)15-4-9-18-14(12-15)10-11-31-18/h4-14H,1-3H3,(H,26,30)(H2,27,28,29,31);4-13H,1-3H3,(H,24,28)(H2,25,26,27,29). The third kappa shape index (κ3) is 11.5. The summed E-state index contributed by atoms with van der Waals surface area (Å²) in [4.78, 5) is 53.8. The molecule has 0 bridgehead atoms. The van der Waals surface area contributed by atoms with Gasteiger partial charge in [-0.3, -0.25) is 25.2 Å². The van der Waals surface area contributed by atoms with Crippen LogP contribution in [0, 0.1) is 0 Å². The summed E-state index contributed by atoms with van der Waals surface area (Å²) in [6.45, 7) is 12.0. The molecule has 4 aromatic heterocycles. The second kappa shape index (κ2) is 18.4. The van der Waals surface area contributed by atoms with Crippen LogP contribution in [0.4, 0.5) is 44.0 Å². The molecule has 0 aliphatic carbocycles. The molecule has 4 aromatic carbocycles. The zero-order valence-electron chi connectivity index (χ0n) is 35.3. The Morgan fingerprint density at radius 3 is 1.49 bits per heavy atom. The van der Waals surface area contributed by atoms with Gasteiger partial charge in [-0.25, -0.2) is 9.59 Å². The third-order valence-corrected chi connectivity index (χ3v) is 10.2. The molecule has 4 heterocycles. The first-order chi connectivity index (χ1) is 30.1. The van der Waals surface area contributed by atoms with E-state index in [1.807, 2.05) is 95.5 Å². The average Bonchev–Trinajstić information content (AvgIpc) is 4.04. The zero-order valence-corrected chi connectivity index (χ0v) is 36.1. The highest BCUT2D eigenvalue weighted by Crippen LogP contribution is 2.27. The van der Waals surface area contributed by atoms with Crippen molar-refractivity contribution < 1.29 is 28.2 Å². The molecule has 15 nitrogen and oxygen atoms in total. The number of pyridine rings is 1. The van der Waals surface area contributed by atoms with Gasteiger partial charge in [0, 0.05) is 67.6 Å². The van der Waals surface area contributed by atoms with E-state index in [0.29, 0.717) is 57.0 Å². The molecule has 0 radical (unpaired) electrons. The SMILES string of the molecule is CC(C)(C)c1cc(NC(=O)Nc2ccc(NC(=O)c3ccc4sccc4c3)cc2)no1.CC(C)(C)c1cc(NC(=O)Nc2ccc(NC(=O)c3cnc4ccccc4c3)cc2)no1. The van der Waals surface area contributed by atoms with Crippen molar-refractivity contribution in [2.75, 3.05) is 31.9 Å². The monoisotopic (exact) mass is 863 g/mol. The molecule has 0 spiro atoms. The van der Waals surface area contributed by atoms with Crippen molar-refractivity contribution in [3.63, 3.8) is 0 Å². The number of fused-ring (bicyclic) bond motifs is 2. The van der Waals surface area contributed by atoms with Crippen LogP contribution in [0.25, 0.3) is 21.0 Å². The molecule has 0 fully saturated rings. The quantitative estimate of drug-likeness (QED) is 0.0858. The molecule has 63 heavy (non-hydrogen) atoms. The number of hydrogen-bond acceptors (Lipinski definition) is 10. The highest BCUT2D eigenvalue weighted by molar-refractivity contribution is 7.17. The predicted octanol–water partition coefficient (Wildman–Crippen LogP) is 11.5. The van der Waals surface area contributed by atoms with Crippen molar-refractivity contribution in [2.45, 2.75) is 52.4 Å². The minimum atomic E-state index is -0.446. The molecule has 8 rings (SSSR count). The molecule has 8 aromatic rings. The first-order valence-corrected chi connectivity index (χ1v) is 20.7. The Morgan fingerprint density at radius 2 is 0.984 bits per heavy atom. The van der Waals surface area contributed by atoms with E-state index in [0.717, 1.165) is 21.0 Å². The zero-order chi connectivity index (χ0) is 44.7. The maximum atomic E-state index is 12.5. The van der Waals surface area contributed by atoms with Crippen LogP contribution in [0.2, 0.25) is 0 Å². The number of carbonyl (C=O) groups excluding carboxylic acids is 4. The highest BCUT2D eigenvalue weighted by atomic mass is 32.1. The normalized spacial score (nSPS) is 11.3. The smallest absolute Gasteiger partial charge is 0.324 e. The van der Waals surface area contributed by atoms with Gasteiger partial charge in [0.1, 0.15) is 11.5 Å². The summed E-state index contributed by atoms with van der Waals surface area (Å²) >= 11 is 1.64. The van der Waals surface area contributed by atoms with E-state index in [1.54, 1.807) is 84.3 Å². The van der Waals surface area contributed by atoms with Crippen LogP contribution < -0.4 is 31.9 Å². The summed E-state index contributed by atoms with van der Waals surface area (Å²) in [7, 11) is 0. The average molecular weight is 864 g/mol. The number of para-hydroxylation sites is 1. The van der Waals surface area contributed by atoms with Crippen LogP contribution in [-0.4, -0.2) is 39.2 Å². The molecule has 6 N–H and O–H groups in total. The van der Waals surface area contributed by atoms with Crippen molar-refractivity contribution >= 4 is 90.6 Å². The largest absolute Gasteiger partial charge is 0.359 e. The molecular formula is C47H45N9O6S. The van der Waals surface area contributed by atoms with Gasteiger partial charge >= 0.3 is 12.1 Å². The van der Waals surface area contributed by atoms with Gasteiger partial charge in [0.15, 0.2) is 11.6 Å². The Bertz CT molecular complexity index is 2910. The second-order valence-electron chi connectivity index (χ2n) is 16.5. The number of carbonyl (C=O) groups is 4. The lowest BCUT2D eigenvalue weighted by Crippen LogP contribution is -2.19. The summed E-state index contributed by atoms with van der Waals surface area (Å²) in [6.07, 6.45) is 1.55. The molecule has 0 aliphatic heterocycles. The van der Waals surface area contributed by atoms with Gasteiger partial charge in [0.05, 0.1) is 11.1 Å². The van der Waals surface area contributed by atoms with E-state index >= 15 is 0 Å². The summed E-state index contributed by atoms with van der Waals surface area (Å²) < 4.78 is 11.7. The van der Waals surface area contributed by atoms with E-state index < -0.39 is 12.1 Å². The molecule has 0 saturated carbocycles. The Balaban J connectivity index is 0.000000189.